The zero-order chi connectivity index (χ0) is 16.8. The molecule has 1 aromatic carbocycles. The Hall–Kier alpha value is -2.15. The number of nitrogens with zero attached hydrogens (tertiary/aromatic N) is 2. The largest absolute Gasteiger partial charge is 0.378 e. The molecule has 0 bridgehead atoms. The minimum absolute atomic E-state index is 0.0379. The van der Waals surface area contributed by atoms with Crippen LogP contribution in [0.15, 0.2) is 18.2 Å². The van der Waals surface area contributed by atoms with Crippen molar-refractivity contribution in [2.24, 2.45) is 0 Å². The van der Waals surface area contributed by atoms with E-state index in [1.54, 1.807) is 12.1 Å². The maximum Gasteiger partial charge on any atom is 0.293 e. The minimum atomic E-state index is -0.432. The maximum absolute atomic E-state index is 12.3. The van der Waals surface area contributed by atoms with Gasteiger partial charge in [0.25, 0.3) is 11.6 Å². The summed E-state index contributed by atoms with van der Waals surface area (Å²) in [5.41, 5.74) is 0.821. The highest BCUT2D eigenvalue weighted by molar-refractivity contribution is 5.96. The number of morpholine rings is 1. The molecule has 0 spiro atoms. The third-order valence-corrected chi connectivity index (χ3v) is 4.11. The average molecular weight is 321 g/mol. The molecule has 126 valence electrons. The number of nitro groups is 1. The number of hydrogen-bond acceptors (Lipinski definition) is 5. The number of nitrogens with one attached hydrogen (secondary N) is 1. The fourth-order valence-corrected chi connectivity index (χ4v) is 2.64. The SMILES string of the molecule is CCC(CC)NC(=O)c1ccc(N2CCOCC2)c([N+](=O)[O-])c1. The van der Waals surface area contributed by atoms with Crippen LogP contribution in [0.4, 0.5) is 11.4 Å². The Balaban J connectivity index is 2.24. The monoisotopic (exact) mass is 321 g/mol. The van der Waals surface area contributed by atoms with E-state index in [1.807, 2.05) is 18.7 Å². The predicted octanol–water partition coefficient (Wildman–Crippen LogP) is 2.35. The Morgan fingerprint density at radius 3 is 2.57 bits per heavy atom. The lowest BCUT2D eigenvalue weighted by atomic mass is 10.1. The van der Waals surface area contributed by atoms with Gasteiger partial charge in [-0.05, 0) is 25.0 Å². The van der Waals surface area contributed by atoms with Crippen LogP contribution < -0.4 is 10.2 Å². The zero-order valence-electron chi connectivity index (χ0n) is 13.6. The number of ether oxygens (including phenoxy) is 1. The molecule has 1 amide bonds. The number of amides is 1. The summed E-state index contributed by atoms with van der Waals surface area (Å²) < 4.78 is 5.28. The molecule has 1 aliphatic rings. The Labute approximate surface area is 135 Å². The van der Waals surface area contributed by atoms with Crippen LogP contribution in [0.1, 0.15) is 37.0 Å². The lowest BCUT2D eigenvalue weighted by Crippen LogP contribution is -2.37. The Morgan fingerprint density at radius 2 is 2.00 bits per heavy atom. The number of anilines is 1. The van der Waals surface area contributed by atoms with E-state index in [0.717, 1.165) is 12.8 Å². The molecule has 0 radical (unpaired) electrons. The summed E-state index contributed by atoms with van der Waals surface area (Å²) >= 11 is 0. The minimum Gasteiger partial charge on any atom is -0.378 e. The van der Waals surface area contributed by atoms with E-state index in [-0.39, 0.29) is 17.6 Å². The van der Waals surface area contributed by atoms with Crippen molar-refractivity contribution in [3.05, 3.63) is 33.9 Å². The van der Waals surface area contributed by atoms with E-state index in [4.69, 9.17) is 4.74 Å². The third kappa shape index (κ3) is 4.19. The second-order valence-corrected chi connectivity index (χ2v) is 5.55. The standard InChI is InChI=1S/C16H23N3O4/c1-3-13(4-2)17-16(20)12-5-6-14(15(11-12)19(21)22)18-7-9-23-10-8-18/h5-6,11,13H,3-4,7-10H2,1-2H3,(H,17,20). The fraction of sp³-hybridized carbons (Fsp3) is 0.562. The van der Waals surface area contributed by atoms with Gasteiger partial charge in [0.1, 0.15) is 5.69 Å². The van der Waals surface area contributed by atoms with Crippen molar-refractivity contribution in [1.29, 1.82) is 0 Å². The number of hydrogen-bond donors (Lipinski definition) is 1. The lowest BCUT2D eigenvalue weighted by Gasteiger charge is -2.28. The molecule has 0 unspecified atom stereocenters. The van der Waals surface area contributed by atoms with E-state index in [1.165, 1.54) is 6.07 Å². The van der Waals surface area contributed by atoms with Gasteiger partial charge in [-0.3, -0.25) is 14.9 Å². The highest BCUT2D eigenvalue weighted by Crippen LogP contribution is 2.30. The van der Waals surface area contributed by atoms with Crippen LogP contribution in [0.3, 0.4) is 0 Å². The zero-order valence-corrected chi connectivity index (χ0v) is 13.6. The molecule has 0 atom stereocenters. The van der Waals surface area contributed by atoms with Gasteiger partial charge in [-0.1, -0.05) is 13.8 Å². The molecular weight excluding hydrogens is 298 g/mol. The van der Waals surface area contributed by atoms with Crippen LogP contribution in [0, 0.1) is 10.1 Å². The van der Waals surface area contributed by atoms with Crippen LogP contribution in [0.5, 0.6) is 0 Å². The first-order chi connectivity index (χ1) is 11.1. The predicted molar refractivity (Wildman–Crippen MR) is 88.0 cm³/mol. The second-order valence-electron chi connectivity index (χ2n) is 5.55. The van der Waals surface area contributed by atoms with Crippen molar-refractivity contribution in [3.8, 4) is 0 Å². The third-order valence-electron chi connectivity index (χ3n) is 4.11. The van der Waals surface area contributed by atoms with Crippen LogP contribution in [0.25, 0.3) is 0 Å². The normalized spacial score (nSPS) is 14.8. The maximum atomic E-state index is 12.3. The summed E-state index contributed by atoms with van der Waals surface area (Å²) in [6.45, 7) is 6.32. The summed E-state index contributed by atoms with van der Waals surface area (Å²) in [5.74, 6) is -0.268. The summed E-state index contributed by atoms with van der Waals surface area (Å²) in [6, 6.07) is 4.75. The number of nitro benzene ring substituents is 1. The van der Waals surface area contributed by atoms with E-state index >= 15 is 0 Å². The van der Waals surface area contributed by atoms with Gasteiger partial charge in [0.15, 0.2) is 0 Å². The number of carbonyl (C=O) groups is 1. The second kappa shape index (κ2) is 7.92. The summed E-state index contributed by atoms with van der Waals surface area (Å²) in [7, 11) is 0. The van der Waals surface area contributed by atoms with Gasteiger partial charge in [-0.2, -0.15) is 0 Å². The molecule has 1 N–H and O–H groups in total. The Morgan fingerprint density at radius 1 is 1.35 bits per heavy atom. The van der Waals surface area contributed by atoms with Crippen molar-refractivity contribution in [1.82, 2.24) is 5.32 Å². The lowest BCUT2D eigenvalue weighted by molar-refractivity contribution is -0.384. The van der Waals surface area contributed by atoms with Gasteiger partial charge in [0, 0.05) is 30.8 Å². The van der Waals surface area contributed by atoms with E-state index in [2.05, 4.69) is 5.32 Å². The molecule has 1 aromatic rings. The highest BCUT2D eigenvalue weighted by Gasteiger charge is 2.23. The fourth-order valence-electron chi connectivity index (χ4n) is 2.64. The molecular formula is C16H23N3O4. The molecule has 2 rings (SSSR count). The summed E-state index contributed by atoms with van der Waals surface area (Å²) in [4.78, 5) is 25.1. The van der Waals surface area contributed by atoms with Crippen molar-refractivity contribution in [2.75, 3.05) is 31.2 Å². The molecule has 1 heterocycles. The van der Waals surface area contributed by atoms with Crippen LogP contribution in [-0.2, 0) is 4.74 Å². The van der Waals surface area contributed by atoms with Crippen molar-refractivity contribution in [2.45, 2.75) is 32.7 Å². The summed E-state index contributed by atoms with van der Waals surface area (Å²) in [5, 5.41) is 14.3. The van der Waals surface area contributed by atoms with Gasteiger partial charge in [-0.25, -0.2) is 0 Å². The summed E-state index contributed by atoms with van der Waals surface area (Å²) in [6.07, 6.45) is 1.66. The van der Waals surface area contributed by atoms with Gasteiger partial charge in [-0.15, -0.1) is 0 Å². The van der Waals surface area contributed by atoms with Gasteiger partial charge >= 0.3 is 0 Å². The van der Waals surface area contributed by atoms with E-state index < -0.39 is 4.92 Å². The molecule has 0 aromatic heterocycles. The molecule has 1 aliphatic heterocycles. The quantitative estimate of drug-likeness (QED) is 0.642. The molecule has 7 heteroatoms. The van der Waals surface area contributed by atoms with Crippen LogP contribution in [-0.4, -0.2) is 43.2 Å². The number of carbonyl (C=O) groups excluding carboxylic acids is 1. The first kappa shape index (κ1) is 17.2. The van der Waals surface area contributed by atoms with Gasteiger partial charge in [0.05, 0.1) is 18.1 Å². The molecule has 1 fully saturated rings. The Bertz CT molecular complexity index is 566. The molecule has 0 aliphatic carbocycles. The molecule has 1 saturated heterocycles. The van der Waals surface area contributed by atoms with Crippen LogP contribution in [0.2, 0.25) is 0 Å². The van der Waals surface area contributed by atoms with E-state index in [9.17, 15) is 14.9 Å². The Kier molecular flexibility index (Phi) is 5.92. The topological polar surface area (TPSA) is 84.7 Å². The van der Waals surface area contributed by atoms with Crippen LogP contribution >= 0.6 is 0 Å². The molecule has 7 nitrogen and oxygen atoms in total. The average Bonchev–Trinajstić information content (AvgIpc) is 2.59. The smallest absolute Gasteiger partial charge is 0.293 e. The number of rotatable bonds is 6. The molecule has 0 saturated carbocycles. The van der Waals surface area contributed by atoms with Gasteiger partial charge < -0.3 is 15.0 Å². The first-order valence-electron chi connectivity index (χ1n) is 7.98. The van der Waals surface area contributed by atoms with Crippen molar-refractivity contribution >= 4 is 17.3 Å². The molecule has 23 heavy (non-hydrogen) atoms. The number of benzene rings is 1. The van der Waals surface area contributed by atoms with Crippen molar-refractivity contribution in [3.63, 3.8) is 0 Å². The van der Waals surface area contributed by atoms with Gasteiger partial charge in [0.2, 0.25) is 0 Å². The highest BCUT2D eigenvalue weighted by atomic mass is 16.6. The first-order valence-corrected chi connectivity index (χ1v) is 7.98. The van der Waals surface area contributed by atoms with E-state index in [0.29, 0.717) is 37.6 Å². The van der Waals surface area contributed by atoms with Crippen molar-refractivity contribution < 1.29 is 14.5 Å².